The Balaban J connectivity index is 1.71. The third kappa shape index (κ3) is 6.81. The van der Waals surface area contributed by atoms with Crippen LogP contribution in [-0.4, -0.2) is 71.0 Å². The summed E-state index contributed by atoms with van der Waals surface area (Å²) in [6, 6.07) is 12.6. The van der Waals surface area contributed by atoms with Crippen molar-refractivity contribution in [2.45, 2.75) is 30.7 Å². The van der Waals surface area contributed by atoms with Gasteiger partial charge in [-0.05, 0) is 62.1 Å². The molecule has 35 heavy (non-hydrogen) atoms. The lowest BCUT2D eigenvalue weighted by Crippen LogP contribution is -2.54. The number of nitrogens with zero attached hydrogens (tertiary/aromatic N) is 1. The van der Waals surface area contributed by atoms with E-state index in [1.165, 1.54) is 4.31 Å². The van der Waals surface area contributed by atoms with Crippen LogP contribution in [-0.2, 0) is 19.6 Å². The lowest BCUT2D eigenvalue weighted by Gasteiger charge is -2.35. The Morgan fingerprint density at radius 2 is 1.66 bits per heavy atom. The zero-order valence-electron chi connectivity index (χ0n) is 20.3. The number of carbonyl (C=O) groups is 2. The summed E-state index contributed by atoms with van der Waals surface area (Å²) in [7, 11) is -0.538. The molecule has 1 aliphatic rings. The third-order valence-electron chi connectivity index (χ3n) is 6.16. The number of amides is 2. The Bertz CT molecular complexity index is 1100. The zero-order chi connectivity index (χ0) is 25.4. The van der Waals surface area contributed by atoms with E-state index in [4.69, 9.17) is 9.47 Å². The van der Waals surface area contributed by atoms with Crippen LogP contribution < -0.4 is 15.4 Å². The maximum atomic E-state index is 13.1. The van der Waals surface area contributed by atoms with Crippen LogP contribution in [0, 0.1) is 12.8 Å². The fourth-order valence-electron chi connectivity index (χ4n) is 4.06. The van der Waals surface area contributed by atoms with E-state index >= 15 is 0 Å². The Morgan fingerprint density at radius 3 is 2.23 bits per heavy atom. The van der Waals surface area contributed by atoms with E-state index in [0.717, 1.165) is 5.56 Å². The van der Waals surface area contributed by atoms with Gasteiger partial charge in [-0.2, -0.15) is 4.31 Å². The number of sulfonamides is 1. The number of hydrogen-bond acceptors (Lipinski definition) is 6. The maximum Gasteiger partial charge on any atom is 0.251 e. The van der Waals surface area contributed by atoms with Gasteiger partial charge >= 0.3 is 0 Å². The van der Waals surface area contributed by atoms with Crippen LogP contribution in [0.25, 0.3) is 0 Å². The molecular formula is C25H33N3O6S. The number of hydrogen-bond donors (Lipinski definition) is 2. The molecule has 2 aromatic rings. The van der Waals surface area contributed by atoms with Gasteiger partial charge in [0.05, 0.1) is 18.6 Å². The van der Waals surface area contributed by atoms with Crippen LogP contribution in [0.15, 0.2) is 53.4 Å². The minimum Gasteiger partial charge on any atom is -0.497 e. The number of rotatable bonds is 10. The number of carbonyl (C=O) groups excluding carboxylic acids is 2. The minimum absolute atomic E-state index is 0.218. The van der Waals surface area contributed by atoms with Gasteiger partial charge in [0.2, 0.25) is 15.9 Å². The fraction of sp³-hybridized carbons (Fsp3) is 0.440. The second-order valence-electron chi connectivity index (χ2n) is 8.52. The molecule has 2 amide bonds. The minimum atomic E-state index is -3.62. The van der Waals surface area contributed by atoms with Crippen LogP contribution in [0.2, 0.25) is 0 Å². The highest BCUT2D eigenvalue weighted by Crippen LogP contribution is 2.26. The van der Waals surface area contributed by atoms with E-state index in [9.17, 15) is 18.0 Å². The third-order valence-corrected chi connectivity index (χ3v) is 8.07. The van der Waals surface area contributed by atoms with Gasteiger partial charge in [0.1, 0.15) is 11.8 Å². The van der Waals surface area contributed by atoms with E-state index in [2.05, 4.69) is 10.6 Å². The highest BCUT2D eigenvalue weighted by atomic mass is 32.2. The van der Waals surface area contributed by atoms with Crippen molar-refractivity contribution in [1.82, 2.24) is 14.9 Å². The topological polar surface area (TPSA) is 114 Å². The largest absolute Gasteiger partial charge is 0.497 e. The van der Waals surface area contributed by atoms with Gasteiger partial charge in [0.25, 0.3) is 5.91 Å². The smallest absolute Gasteiger partial charge is 0.251 e. The second kappa shape index (κ2) is 12.1. The molecule has 1 fully saturated rings. The predicted octanol–water partition coefficient (Wildman–Crippen LogP) is 1.97. The first-order valence-corrected chi connectivity index (χ1v) is 13.0. The fourth-order valence-corrected chi connectivity index (χ4v) is 5.53. The van der Waals surface area contributed by atoms with E-state index in [1.807, 2.05) is 6.92 Å². The first-order chi connectivity index (χ1) is 16.8. The van der Waals surface area contributed by atoms with Gasteiger partial charge in [-0.15, -0.1) is 0 Å². The van der Waals surface area contributed by atoms with Gasteiger partial charge in [-0.25, -0.2) is 8.42 Å². The summed E-state index contributed by atoms with van der Waals surface area (Å²) >= 11 is 0. The molecule has 190 valence electrons. The van der Waals surface area contributed by atoms with Crippen molar-refractivity contribution in [1.29, 1.82) is 0 Å². The highest BCUT2D eigenvalue weighted by Gasteiger charge is 2.36. The Kier molecular flexibility index (Phi) is 9.25. The van der Waals surface area contributed by atoms with Gasteiger partial charge in [-0.1, -0.05) is 17.7 Å². The first-order valence-electron chi connectivity index (χ1n) is 11.5. The van der Waals surface area contributed by atoms with Crippen molar-refractivity contribution < 1.29 is 27.5 Å². The normalized spacial score (nSPS) is 15.9. The van der Waals surface area contributed by atoms with E-state index in [1.54, 1.807) is 62.8 Å². The van der Waals surface area contributed by atoms with E-state index in [0.29, 0.717) is 37.3 Å². The lowest BCUT2D eigenvalue weighted by molar-refractivity contribution is -0.124. The molecule has 3 rings (SSSR count). The van der Waals surface area contributed by atoms with Gasteiger partial charge in [0.15, 0.2) is 0 Å². The second-order valence-corrected chi connectivity index (χ2v) is 10.5. The van der Waals surface area contributed by atoms with Crippen LogP contribution in [0.5, 0.6) is 5.75 Å². The average Bonchev–Trinajstić information content (AvgIpc) is 2.87. The van der Waals surface area contributed by atoms with Crippen molar-refractivity contribution in [3.05, 3.63) is 59.7 Å². The van der Waals surface area contributed by atoms with E-state index < -0.39 is 16.1 Å². The molecule has 1 heterocycles. The molecule has 1 saturated heterocycles. The summed E-state index contributed by atoms with van der Waals surface area (Å²) in [6.07, 6.45) is 0.882. The summed E-state index contributed by atoms with van der Waals surface area (Å²) in [4.78, 5) is 26.1. The molecule has 2 aromatic carbocycles. The maximum absolute atomic E-state index is 13.1. The van der Waals surface area contributed by atoms with Crippen molar-refractivity contribution in [2.75, 3.05) is 40.5 Å². The van der Waals surface area contributed by atoms with Crippen LogP contribution >= 0.6 is 0 Å². The quantitative estimate of drug-likeness (QED) is 0.479. The molecule has 0 aromatic heterocycles. The predicted molar refractivity (Wildman–Crippen MR) is 132 cm³/mol. The number of aryl methyl sites for hydroxylation is 1. The molecule has 1 atom stereocenters. The van der Waals surface area contributed by atoms with Gasteiger partial charge in [0, 0.05) is 32.3 Å². The van der Waals surface area contributed by atoms with Crippen LogP contribution in [0.4, 0.5) is 0 Å². The number of methoxy groups -OCH3 is 2. The van der Waals surface area contributed by atoms with Gasteiger partial charge in [-0.3, -0.25) is 9.59 Å². The Labute approximate surface area is 206 Å². The van der Waals surface area contributed by atoms with Crippen LogP contribution in [0.1, 0.15) is 28.8 Å². The molecule has 9 nitrogen and oxygen atoms in total. The molecular weight excluding hydrogens is 470 g/mol. The molecule has 0 spiro atoms. The van der Waals surface area contributed by atoms with Crippen molar-refractivity contribution in [2.24, 2.45) is 5.92 Å². The number of benzene rings is 2. The number of nitrogens with one attached hydrogen (secondary N) is 2. The summed E-state index contributed by atoms with van der Waals surface area (Å²) < 4.78 is 37.7. The molecule has 1 unspecified atom stereocenters. The summed E-state index contributed by atoms with van der Waals surface area (Å²) in [5, 5.41) is 5.66. The summed E-state index contributed by atoms with van der Waals surface area (Å²) in [5.41, 5.74) is 1.39. The average molecular weight is 504 g/mol. The van der Waals surface area contributed by atoms with Crippen molar-refractivity contribution in [3.8, 4) is 5.75 Å². The summed E-state index contributed by atoms with van der Waals surface area (Å²) in [5.74, 6) is -0.292. The van der Waals surface area contributed by atoms with Crippen molar-refractivity contribution in [3.63, 3.8) is 0 Å². The first kappa shape index (κ1) is 26.7. The molecule has 0 bridgehead atoms. The Hall–Kier alpha value is -2.95. The molecule has 0 aliphatic carbocycles. The Morgan fingerprint density at radius 1 is 1.03 bits per heavy atom. The van der Waals surface area contributed by atoms with E-state index in [-0.39, 0.29) is 35.7 Å². The molecule has 2 N–H and O–H groups in total. The monoisotopic (exact) mass is 503 g/mol. The van der Waals surface area contributed by atoms with Gasteiger partial charge < -0.3 is 20.1 Å². The van der Waals surface area contributed by atoms with Crippen LogP contribution in [0.3, 0.4) is 0 Å². The standard InChI is InChI=1S/C25H33N3O6S/c1-18-4-10-22(11-5-18)35(31,32)28-15-12-19(13-16-28)23(25(30)26-14-17-33-2)27-24(29)20-6-8-21(34-3)9-7-20/h4-11,19,23H,12-17H2,1-3H3,(H,26,30)(H,27,29). The molecule has 1 aliphatic heterocycles. The SMILES string of the molecule is COCCNC(=O)C(NC(=O)c1ccc(OC)cc1)C1CCN(S(=O)(=O)c2ccc(C)cc2)CC1. The molecule has 0 saturated carbocycles. The lowest BCUT2D eigenvalue weighted by atomic mass is 9.89. The summed E-state index contributed by atoms with van der Waals surface area (Å²) in [6.45, 7) is 3.09. The number of piperidine rings is 1. The number of ether oxygens (including phenoxy) is 2. The molecule has 10 heteroatoms. The van der Waals surface area contributed by atoms with Crippen molar-refractivity contribution >= 4 is 21.8 Å². The zero-order valence-corrected chi connectivity index (χ0v) is 21.1. The molecule has 0 radical (unpaired) electrons. The highest BCUT2D eigenvalue weighted by molar-refractivity contribution is 7.89.